The number of rotatable bonds is 2. The normalized spacial score (nSPS) is 10.3. The van der Waals surface area contributed by atoms with Gasteiger partial charge < -0.3 is 5.73 Å². The summed E-state index contributed by atoms with van der Waals surface area (Å²) in [6.07, 6.45) is 1.50. The molecule has 0 amide bonds. The van der Waals surface area contributed by atoms with Crippen LogP contribution in [0.15, 0.2) is 41.5 Å². The lowest BCUT2D eigenvalue weighted by atomic mass is 10.1. The fourth-order valence-corrected chi connectivity index (χ4v) is 1.57. The Hall–Kier alpha value is -2.14. The standard InChI is InChI=1S/C12H11FN4.ClH/c13-11-6-5-8(7-16-17-12(14)15)9-3-1-2-4-10(9)11;/h1-7H,(H4,14,15,17);1H. The Morgan fingerprint density at radius 2 is 1.89 bits per heavy atom. The van der Waals surface area contributed by atoms with E-state index in [2.05, 4.69) is 10.5 Å². The second-order valence-corrected chi connectivity index (χ2v) is 3.47. The van der Waals surface area contributed by atoms with Gasteiger partial charge in [-0.25, -0.2) is 9.82 Å². The summed E-state index contributed by atoms with van der Waals surface area (Å²) in [5.41, 5.74) is 8.16. The number of nitrogens with zero attached hydrogens (tertiary/aromatic N) is 1. The van der Waals surface area contributed by atoms with Gasteiger partial charge in [-0.15, -0.1) is 12.4 Å². The van der Waals surface area contributed by atoms with Crippen molar-refractivity contribution in [3.63, 3.8) is 0 Å². The first-order valence-electron chi connectivity index (χ1n) is 4.99. The van der Waals surface area contributed by atoms with Gasteiger partial charge in [-0.1, -0.05) is 24.3 Å². The fraction of sp³-hybridized carbons (Fsp3) is 0. The molecule has 0 aromatic heterocycles. The summed E-state index contributed by atoms with van der Waals surface area (Å²) in [5.74, 6) is -0.509. The Balaban J connectivity index is 0.00000162. The minimum atomic E-state index is -0.266. The van der Waals surface area contributed by atoms with E-state index in [1.54, 1.807) is 18.2 Å². The van der Waals surface area contributed by atoms with Gasteiger partial charge in [0.15, 0.2) is 0 Å². The van der Waals surface area contributed by atoms with Crippen LogP contribution in [0.3, 0.4) is 0 Å². The molecule has 2 rings (SSSR count). The summed E-state index contributed by atoms with van der Waals surface area (Å²) in [4.78, 5) is 0. The molecule has 4 N–H and O–H groups in total. The molecule has 0 saturated heterocycles. The second-order valence-electron chi connectivity index (χ2n) is 3.47. The van der Waals surface area contributed by atoms with Gasteiger partial charge in [0.05, 0.1) is 6.21 Å². The molecule has 0 aliphatic rings. The van der Waals surface area contributed by atoms with Gasteiger partial charge >= 0.3 is 0 Å². The largest absolute Gasteiger partial charge is 0.369 e. The number of hydrogen-bond donors (Lipinski definition) is 3. The third-order valence-corrected chi connectivity index (χ3v) is 2.29. The summed E-state index contributed by atoms with van der Waals surface area (Å²) in [7, 11) is 0. The maximum Gasteiger partial charge on any atom is 0.206 e. The van der Waals surface area contributed by atoms with E-state index in [9.17, 15) is 4.39 Å². The maximum absolute atomic E-state index is 13.5. The molecule has 6 heteroatoms. The van der Waals surface area contributed by atoms with Crippen molar-refractivity contribution in [2.45, 2.75) is 0 Å². The van der Waals surface area contributed by atoms with Gasteiger partial charge in [-0.2, -0.15) is 5.10 Å². The summed E-state index contributed by atoms with van der Waals surface area (Å²) in [6.45, 7) is 0. The molecule has 18 heavy (non-hydrogen) atoms. The summed E-state index contributed by atoms with van der Waals surface area (Å²) >= 11 is 0. The van der Waals surface area contributed by atoms with E-state index in [-0.39, 0.29) is 24.2 Å². The second kappa shape index (κ2) is 5.97. The van der Waals surface area contributed by atoms with E-state index in [4.69, 9.17) is 11.1 Å². The van der Waals surface area contributed by atoms with Gasteiger partial charge in [-0.3, -0.25) is 5.41 Å². The van der Waals surface area contributed by atoms with Crippen LogP contribution >= 0.6 is 12.4 Å². The molecule has 0 aliphatic heterocycles. The maximum atomic E-state index is 13.5. The minimum absolute atomic E-state index is 0. The zero-order valence-electron chi connectivity index (χ0n) is 9.35. The fourth-order valence-electron chi connectivity index (χ4n) is 1.57. The molecule has 0 radical (unpaired) electrons. The van der Waals surface area contributed by atoms with Crippen molar-refractivity contribution in [3.05, 3.63) is 47.8 Å². The molecule has 0 spiro atoms. The number of hydrogen-bond acceptors (Lipinski definition) is 2. The molecule has 4 nitrogen and oxygen atoms in total. The Morgan fingerprint density at radius 3 is 2.56 bits per heavy atom. The third kappa shape index (κ3) is 2.95. The monoisotopic (exact) mass is 266 g/mol. The van der Waals surface area contributed by atoms with E-state index in [1.807, 2.05) is 12.1 Å². The van der Waals surface area contributed by atoms with Crippen molar-refractivity contribution in [3.8, 4) is 0 Å². The number of guanidine groups is 1. The van der Waals surface area contributed by atoms with Crippen LogP contribution in [0.2, 0.25) is 0 Å². The molecular formula is C12H12ClFN4. The first kappa shape index (κ1) is 13.9. The van der Waals surface area contributed by atoms with E-state index in [0.29, 0.717) is 5.39 Å². The Kier molecular flexibility index (Phi) is 4.62. The summed E-state index contributed by atoms with van der Waals surface area (Å²) in [5, 5.41) is 12.0. The molecular weight excluding hydrogens is 255 g/mol. The quantitative estimate of drug-likeness (QED) is 0.443. The lowest BCUT2D eigenvalue weighted by molar-refractivity contribution is 0.640. The van der Waals surface area contributed by atoms with Gasteiger partial charge in [-0.05, 0) is 17.5 Å². The average molecular weight is 267 g/mol. The zero-order valence-corrected chi connectivity index (χ0v) is 10.2. The van der Waals surface area contributed by atoms with Crippen molar-refractivity contribution in [2.24, 2.45) is 10.8 Å². The number of nitrogens with one attached hydrogen (secondary N) is 2. The van der Waals surface area contributed by atoms with E-state index < -0.39 is 0 Å². The van der Waals surface area contributed by atoms with Crippen LogP contribution in [0.25, 0.3) is 10.8 Å². The number of nitrogens with two attached hydrogens (primary N) is 1. The Morgan fingerprint density at radius 1 is 1.22 bits per heavy atom. The SMILES string of the molecule is Cl.N=C(N)NN=Cc1ccc(F)c2ccccc12. The van der Waals surface area contributed by atoms with Gasteiger partial charge in [0.1, 0.15) is 5.82 Å². The molecule has 0 aliphatic carbocycles. The van der Waals surface area contributed by atoms with Crippen molar-refractivity contribution in [1.82, 2.24) is 5.43 Å². The highest BCUT2D eigenvalue weighted by atomic mass is 35.5. The van der Waals surface area contributed by atoms with E-state index >= 15 is 0 Å². The molecule has 0 bridgehead atoms. The smallest absolute Gasteiger partial charge is 0.206 e. The van der Waals surface area contributed by atoms with Crippen LogP contribution in [0.5, 0.6) is 0 Å². The zero-order chi connectivity index (χ0) is 12.3. The lowest BCUT2D eigenvalue weighted by Gasteiger charge is -2.03. The Labute approximate surface area is 110 Å². The van der Waals surface area contributed by atoms with E-state index in [0.717, 1.165) is 10.9 Å². The summed E-state index contributed by atoms with van der Waals surface area (Å²) in [6, 6.07) is 10.1. The topological polar surface area (TPSA) is 74.3 Å². The van der Waals surface area contributed by atoms with Gasteiger partial charge in [0.25, 0.3) is 0 Å². The molecule has 94 valence electrons. The molecule has 0 unspecified atom stereocenters. The van der Waals surface area contributed by atoms with Crippen molar-refractivity contribution in [1.29, 1.82) is 5.41 Å². The average Bonchev–Trinajstić information content (AvgIpc) is 2.32. The number of fused-ring (bicyclic) bond motifs is 1. The van der Waals surface area contributed by atoms with Crippen molar-refractivity contribution >= 4 is 35.4 Å². The third-order valence-electron chi connectivity index (χ3n) is 2.29. The number of halogens is 2. The van der Waals surface area contributed by atoms with Crippen LogP contribution in [0.1, 0.15) is 5.56 Å². The van der Waals surface area contributed by atoms with Crippen LogP contribution in [-0.2, 0) is 0 Å². The molecule has 2 aromatic carbocycles. The molecule has 0 saturated carbocycles. The highest BCUT2D eigenvalue weighted by Gasteiger charge is 2.02. The van der Waals surface area contributed by atoms with Crippen LogP contribution in [-0.4, -0.2) is 12.2 Å². The van der Waals surface area contributed by atoms with Crippen LogP contribution in [0, 0.1) is 11.2 Å². The number of hydrazone groups is 1. The highest BCUT2D eigenvalue weighted by molar-refractivity contribution is 6.00. The predicted molar refractivity (Wildman–Crippen MR) is 73.8 cm³/mol. The number of benzene rings is 2. The van der Waals surface area contributed by atoms with Crippen molar-refractivity contribution < 1.29 is 4.39 Å². The van der Waals surface area contributed by atoms with Crippen LogP contribution < -0.4 is 11.2 Å². The molecule has 2 aromatic rings. The van der Waals surface area contributed by atoms with Crippen LogP contribution in [0.4, 0.5) is 4.39 Å². The highest BCUT2D eigenvalue weighted by Crippen LogP contribution is 2.20. The molecule has 0 atom stereocenters. The predicted octanol–water partition coefficient (Wildman–Crippen LogP) is 2.22. The first-order valence-corrected chi connectivity index (χ1v) is 4.99. The van der Waals surface area contributed by atoms with Crippen molar-refractivity contribution in [2.75, 3.05) is 0 Å². The first-order chi connectivity index (χ1) is 8.18. The molecule has 0 heterocycles. The van der Waals surface area contributed by atoms with E-state index in [1.165, 1.54) is 12.3 Å². The minimum Gasteiger partial charge on any atom is -0.369 e. The van der Waals surface area contributed by atoms with Gasteiger partial charge in [0.2, 0.25) is 5.96 Å². The van der Waals surface area contributed by atoms with Gasteiger partial charge in [0, 0.05) is 10.9 Å². The Bertz CT molecular complexity index is 598. The molecule has 0 fully saturated rings. The summed E-state index contributed by atoms with van der Waals surface area (Å²) < 4.78 is 13.5. The lowest BCUT2D eigenvalue weighted by Crippen LogP contribution is -2.25.